The van der Waals surface area contributed by atoms with E-state index in [1.54, 1.807) is 0 Å². The molecule has 1 aliphatic rings. The molecule has 0 aliphatic carbocycles. The van der Waals surface area contributed by atoms with Crippen LogP contribution in [0.15, 0.2) is 18.2 Å². The summed E-state index contributed by atoms with van der Waals surface area (Å²) in [6.45, 7) is 0. The van der Waals surface area contributed by atoms with Gasteiger partial charge in [0.05, 0.1) is 11.3 Å². The Hall–Kier alpha value is -2.57. The van der Waals surface area contributed by atoms with Gasteiger partial charge in [-0.3, -0.25) is 9.59 Å². The minimum absolute atomic E-state index is 0.0790. The van der Waals surface area contributed by atoms with Crippen molar-refractivity contribution in [1.82, 2.24) is 5.32 Å². The number of benzene rings is 1. The number of aromatic hydroxyl groups is 1. The molecule has 1 atom stereocenters. The molecule has 1 unspecified atom stereocenters. The quantitative estimate of drug-likeness (QED) is 0.586. The van der Waals surface area contributed by atoms with Crippen molar-refractivity contribution in [1.29, 1.82) is 0 Å². The minimum atomic E-state index is -1.17. The molecule has 0 aromatic heterocycles. The maximum absolute atomic E-state index is 11.8. The second-order valence-corrected chi connectivity index (χ2v) is 4.19. The molecule has 1 saturated heterocycles. The fourth-order valence-corrected chi connectivity index (χ4v) is 1.80. The standard InChI is InChI=1S/C12H12N2O5/c15-9-5-6(12(18)19)1-2-7(9)14-11(17)8-3-4-10(16)13-8/h1-2,5,8,15H,3-4H2,(H,13,16)(H,14,17)(H,18,19). The van der Waals surface area contributed by atoms with Crippen molar-refractivity contribution in [2.75, 3.05) is 5.32 Å². The highest BCUT2D eigenvalue weighted by atomic mass is 16.4. The number of carboxylic acids is 1. The van der Waals surface area contributed by atoms with Crippen LogP contribution >= 0.6 is 0 Å². The van der Waals surface area contributed by atoms with Crippen LogP contribution in [0.5, 0.6) is 5.75 Å². The van der Waals surface area contributed by atoms with E-state index < -0.39 is 17.9 Å². The Morgan fingerprint density at radius 2 is 2.11 bits per heavy atom. The number of carbonyl (C=O) groups is 3. The van der Waals surface area contributed by atoms with E-state index in [1.807, 2.05) is 0 Å². The SMILES string of the molecule is O=C1CCC(C(=O)Nc2ccc(C(=O)O)cc2O)N1. The fraction of sp³-hybridized carbons (Fsp3) is 0.250. The molecule has 0 radical (unpaired) electrons. The molecule has 19 heavy (non-hydrogen) atoms. The van der Waals surface area contributed by atoms with Gasteiger partial charge in [-0.2, -0.15) is 0 Å². The minimum Gasteiger partial charge on any atom is -0.506 e. The third kappa shape index (κ3) is 2.82. The highest BCUT2D eigenvalue weighted by Gasteiger charge is 2.27. The van der Waals surface area contributed by atoms with E-state index in [1.165, 1.54) is 12.1 Å². The van der Waals surface area contributed by atoms with Gasteiger partial charge >= 0.3 is 5.97 Å². The van der Waals surface area contributed by atoms with E-state index >= 15 is 0 Å². The van der Waals surface area contributed by atoms with Gasteiger partial charge in [0.15, 0.2) is 0 Å². The molecule has 0 bridgehead atoms. The Labute approximate surface area is 108 Å². The zero-order chi connectivity index (χ0) is 14.0. The normalized spacial score (nSPS) is 17.9. The largest absolute Gasteiger partial charge is 0.506 e. The molecular weight excluding hydrogens is 252 g/mol. The van der Waals surface area contributed by atoms with Crippen molar-refractivity contribution in [3.05, 3.63) is 23.8 Å². The molecule has 1 aromatic rings. The van der Waals surface area contributed by atoms with Crippen LogP contribution < -0.4 is 10.6 Å². The Bertz CT molecular complexity index is 555. The van der Waals surface area contributed by atoms with Crippen LogP contribution in [0.3, 0.4) is 0 Å². The molecule has 1 aromatic carbocycles. The summed E-state index contributed by atoms with van der Waals surface area (Å²) in [6.07, 6.45) is 0.695. The van der Waals surface area contributed by atoms with E-state index in [9.17, 15) is 19.5 Å². The summed E-state index contributed by atoms with van der Waals surface area (Å²) in [5.41, 5.74) is 0.0285. The average molecular weight is 264 g/mol. The lowest BCUT2D eigenvalue weighted by Gasteiger charge is -2.12. The summed E-state index contributed by atoms with van der Waals surface area (Å²) in [6, 6.07) is 3.00. The Morgan fingerprint density at radius 1 is 1.37 bits per heavy atom. The van der Waals surface area contributed by atoms with Crippen LogP contribution in [-0.2, 0) is 9.59 Å². The average Bonchev–Trinajstić information content (AvgIpc) is 2.78. The lowest BCUT2D eigenvalue weighted by Crippen LogP contribution is -2.37. The van der Waals surface area contributed by atoms with Crippen molar-refractivity contribution in [3.63, 3.8) is 0 Å². The van der Waals surface area contributed by atoms with Gasteiger partial charge in [-0.25, -0.2) is 4.79 Å². The summed E-state index contributed by atoms with van der Waals surface area (Å²) in [5.74, 6) is -2.14. The molecule has 4 N–H and O–H groups in total. The highest BCUT2D eigenvalue weighted by Crippen LogP contribution is 2.25. The molecule has 7 heteroatoms. The summed E-state index contributed by atoms with van der Waals surface area (Å²) < 4.78 is 0. The molecule has 2 amide bonds. The Kier molecular flexibility index (Phi) is 3.37. The topological polar surface area (TPSA) is 116 Å². The van der Waals surface area contributed by atoms with Crippen LogP contribution in [0.4, 0.5) is 5.69 Å². The molecule has 1 aliphatic heterocycles. The number of phenolic OH excluding ortho intramolecular Hbond substituents is 1. The van der Waals surface area contributed by atoms with Crippen LogP contribution in [0.2, 0.25) is 0 Å². The van der Waals surface area contributed by atoms with E-state index in [-0.39, 0.29) is 22.9 Å². The third-order valence-electron chi connectivity index (χ3n) is 2.81. The zero-order valence-electron chi connectivity index (χ0n) is 9.84. The summed E-state index contributed by atoms with van der Waals surface area (Å²) in [5, 5.41) is 23.3. The van der Waals surface area contributed by atoms with E-state index in [4.69, 9.17) is 5.11 Å². The van der Waals surface area contributed by atoms with Gasteiger partial charge in [-0.05, 0) is 24.6 Å². The summed E-state index contributed by atoms with van der Waals surface area (Å²) >= 11 is 0. The Balaban J connectivity index is 2.09. The molecule has 1 fully saturated rings. The first kappa shape index (κ1) is 12.9. The lowest BCUT2D eigenvalue weighted by molar-refractivity contribution is -0.122. The van der Waals surface area contributed by atoms with Gasteiger partial charge in [0.1, 0.15) is 11.8 Å². The van der Waals surface area contributed by atoms with Crippen LogP contribution in [0.1, 0.15) is 23.2 Å². The number of phenols is 1. The predicted octanol–water partition coefficient (Wildman–Crippen LogP) is 0.308. The maximum atomic E-state index is 11.8. The molecule has 0 spiro atoms. The van der Waals surface area contributed by atoms with Crippen LogP contribution in [-0.4, -0.2) is 34.0 Å². The van der Waals surface area contributed by atoms with Crippen molar-refractivity contribution in [2.24, 2.45) is 0 Å². The third-order valence-corrected chi connectivity index (χ3v) is 2.81. The molecule has 7 nitrogen and oxygen atoms in total. The van der Waals surface area contributed by atoms with Gasteiger partial charge in [-0.1, -0.05) is 0 Å². The summed E-state index contributed by atoms with van der Waals surface area (Å²) in [4.78, 5) is 33.5. The first-order valence-corrected chi connectivity index (χ1v) is 5.64. The monoisotopic (exact) mass is 264 g/mol. The van der Waals surface area contributed by atoms with Crippen molar-refractivity contribution in [2.45, 2.75) is 18.9 Å². The number of hydrogen-bond donors (Lipinski definition) is 4. The molecule has 0 saturated carbocycles. The van der Waals surface area contributed by atoms with Crippen molar-refractivity contribution < 1.29 is 24.6 Å². The zero-order valence-corrected chi connectivity index (χ0v) is 9.84. The van der Waals surface area contributed by atoms with Crippen molar-refractivity contribution >= 4 is 23.5 Å². The molecule has 2 rings (SSSR count). The Morgan fingerprint density at radius 3 is 2.63 bits per heavy atom. The van der Waals surface area contributed by atoms with Gasteiger partial charge in [0.25, 0.3) is 0 Å². The smallest absolute Gasteiger partial charge is 0.335 e. The predicted molar refractivity (Wildman–Crippen MR) is 64.9 cm³/mol. The molecular formula is C12H12N2O5. The summed E-state index contributed by atoms with van der Waals surface area (Å²) in [7, 11) is 0. The highest BCUT2D eigenvalue weighted by molar-refractivity contribution is 6.00. The molecule has 100 valence electrons. The number of anilines is 1. The van der Waals surface area contributed by atoms with Crippen LogP contribution in [0.25, 0.3) is 0 Å². The van der Waals surface area contributed by atoms with Gasteiger partial charge < -0.3 is 20.8 Å². The van der Waals surface area contributed by atoms with Crippen molar-refractivity contribution in [3.8, 4) is 5.75 Å². The number of amides is 2. The molecule has 1 heterocycles. The van der Waals surface area contributed by atoms with Gasteiger partial charge in [0.2, 0.25) is 11.8 Å². The number of rotatable bonds is 3. The second-order valence-electron chi connectivity index (χ2n) is 4.19. The number of carboxylic acid groups (broad SMARTS) is 1. The number of nitrogens with one attached hydrogen (secondary N) is 2. The van der Waals surface area contributed by atoms with Gasteiger partial charge in [0, 0.05) is 6.42 Å². The van der Waals surface area contributed by atoms with E-state index in [0.717, 1.165) is 6.07 Å². The lowest BCUT2D eigenvalue weighted by atomic mass is 10.1. The first-order valence-electron chi connectivity index (χ1n) is 5.64. The van der Waals surface area contributed by atoms with E-state index in [2.05, 4.69) is 10.6 Å². The van der Waals surface area contributed by atoms with E-state index in [0.29, 0.717) is 12.8 Å². The maximum Gasteiger partial charge on any atom is 0.335 e. The second kappa shape index (κ2) is 4.97. The number of aromatic carboxylic acids is 1. The van der Waals surface area contributed by atoms with Gasteiger partial charge in [-0.15, -0.1) is 0 Å². The number of hydrogen-bond acceptors (Lipinski definition) is 4. The first-order chi connectivity index (χ1) is 8.97. The fourth-order valence-electron chi connectivity index (χ4n) is 1.80. The van der Waals surface area contributed by atoms with Crippen LogP contribution in [0, 0.1) is 0 Å². The number of carbonyl (C=O) groups excluding carboxylic acids is 2.